The zero-order valence-corrected chi connectivity index (χ0v) is 15.4. The molecule has 0 aliphatic rings. The van der Waals surface area contributed by atoms with Crippen LogP contribution < -0.4 is 10.1 Å². The van der Waals surface area contributed by atoms with Crippen molar-refractivity contribution in [2.45, 2.75) is 17.6 Å². The van der Waals surface area contributed by atoms with Gasteiger partial charge in [0, 0.05) is 30.4 Å². The van der Waals surface area contributed by atoms with Crippen molar-refractivity contribution < 1.29 is 26.3 Å². The van der Waals surface area contributed by atoms with Crippen LogP contribution >= 0.6 is 0 Å². The Morgan fingerprint density at radius 2 is 1.89 bits per heavy atom. The molecule has 0 spiro atoms. The van der Waals surface area contributed by atoms with Crippen LogP contribution in [0.5, 0.6) is 5.88 Å². The van der Waals surface area contributed by atoms with Crippen molar-refractivity contribution in [2.75, 3.05) is 18.2 Å². The molecule has 28 heavy (non-hydrogen) atoms. The molecule has 2 aromatic heterocycles. The minimum atomic E-state index is -4.45. The lowest BCUT2D eigenvalue weighted by Gasteiger charge is -2.11. The number of sulfone groups is 1. The predicted molar refractivity (Wildman–Crippen MR) is 95.8 cm³/mol. The summed E-state index contributed by atoms with van der Waals surface area (Å²) in [4.78, 5) is 12.1. The molecule has 7 nitrogen and oxygen atoms in total. The zero-order valence-electron chi connectivity index (χ0n) is 14.6. The molecule has 0 bridgehead atoms. The van der Waals surface area contributed by atoms with Crippen molar-refractivity contribution in [1.82, 2.24) is 15.0 Å². The van der Waals surface area contributed by atoms with Gasteiger partial charge in [-0.3, -0.25) is 0 Å². The molecule has 0 saturated heterocycles. The topological polar surface area (TPSA) is 94.1 Å². The maximum Gasteiger partial charge on any atom is 0.422 e. The summed E-state index contributed by atoms with van der Waals surface area (Å²) in [6.45, 7) is -1.22. The number of hydrogen-bond acceptors (Lipinski definition) is 7. The largest absolute Gasteiger partial charge is 0.468 e. The van der Waals surface area contributed by atoms with Crippen LogP contribution in [-0.4, -0.2) is 42.4 Å². The number of rotatable bonds is 6. The number of aromatic nitrogens is 3. The highest BCUT2D eigenvalue weighted by Crippen LogP contribution is 2.24. The van der Waals surface area contributed by atoms with E-state index in [0.717, 1.165) is 6.26 Å². The Bertz CT molecular complexity index is 1100. The minimum Gasteiger partial charge on any atom is -0.468 e. The van der Waals surface area contributed by atoms with Gasteiger partial charge >= 0.3 is 6.18 Å². The van der Waals surface area contributed by atoms with Gasteiger partial charge in [0.2, 0.25) is 5.88 Å². The molecule has 0 unspecified atom stereocenters. The molecule has 11 heteroatoms. The van der Waals surface area contributed by atoms with Gasteiger partial charge in [0.1, 0.15) is 12.1 Å². The number of pyridine rings is 1. The SMILES string of the molecule is CS(=O)(=O)c1ccc2ncnc(NCc3ccnc(OCC(F)(F)F)c3)c2c1. The van der Waals surface area contributed by atoms with E-state index in [1.54, 1.807) is 12.1 Å². The fourth-order valence-electron chi connectivity index (χ4n) is 2.39. The van der Waals surface area contributed by atoms with E-state index in [0.29, 0.717) is 22.3 Å². The molecule has 1 aromatic carbocycles. The molecule has 148 valence electrons. The van der Waals surface area contributed by atoms with Gasteiger partial charge in [0.25, 0.3) is 0 Å². The van der Waals surface area contributed by atoms with E-state index in [-0.39, 0.29) is 17.3 Å². The van der Waals surface area contributed by atoms with Crippen LogP contribution in [0.1, 0.15) is 5.56 Å². The molecule has 0 fully saturated rings. The number of nitrogens with one attached hydrogen (secondary N) is 1. The van der Waals surface area contributed by atoms with Crippen LogP contribution in [0, 0.1) is 0 Å². The van der Waals surface area contributed by atoms with E-state index in [4.69, 9.17) is 0 Å². The highest BCUT2D eigenvalue weighted by Gasteiger charge is 2.28. The van der Waals surface area contributed by atoms with Gasteiger partial charge in [-0.15, -0.1) is 0 Å². The van der Waals surface area contributed by atoms with Gasteiger partial charge in [-0.2, -0.15) is 13.2 Å². The third-order valence-corrected chi connectivity index (χ3v) is 4.79. The normalized spacial score (nSPS) is 12.1. The molecule has 0 amide bonds. The number of anilines is 1. The number of hydrogen-bond donors (Lipinski definition) is 1. The van der Waals surface area contributed by atoms with Crippen LogP contribution in [0.15, 0.2) is 47.8 Å². The molecule has 1 N–H and O–H groups in total. The summed E-state index contributed by atoms with van der Waals surface area (Å²) in [6.07, 6.45) is -0.685. The number of fused-ring (bicyclic) bond motifs is 1. The van der Waals surface area contributed by atoms with Crippen molar-refractivity contribution in [2.24, 2.45) is 0 Å². The summed E-state index contributed by atoms with van der Waals surface area (Å²) in [5.74, 6) is 0.244. The molecule has 0 saturated carbocycles. The Labute approximate surface area is 158 Å². The van der Waals surface area contributed by atoms with Gasteiger partial charge in [-0.05, 0) is 29.8 Å². The van der Waals surface area contributed by atoms with E-state index in [1.807, 2.05) is 0 Å². The summed E-state index contributed by atoms with van der Waals surface area (Å²) < 4.78 is 64.9. The number of benzene rings is 1. The standard InChI is InChI=1S/C17H15F3N4O3S/c1-28(25,26)12-2-3-14-13(7-12)16(24-10-23-14)22-8-11-4-5-21-15(6-11)27-9-17(18,19)20/h2-7,10H,8-9H2,1H3,(H,22,23,24). The van der Waals surface area contributed by atoms with Crippen molar-refractivity contribution in [3.8, 4) is 5.88 Å². The maximum atomic E-state index is 12.3. The second-order valence-electron chi connectivity index (χ2n) is 5.93. The van der Waals surface area contributed by atoms with Crippen LogP contribution in [0.3, 0.4) is 0 Å². The summed E-state index contributed by atoms with van der Waals surface area (Å²) >= 11 is 0. The Kier molecular flexibility index (Phi) is 5.36. The third kappa shape index (κ3) is 5.06. The van der Waals surface area contributed by atoms with Gasteiger partial charge in [0.05, 0.1) is 10.4 Å². The van der Waals surface area contributed by atoms with Crippen LogP contribution in [0.2, 0.25) is 0 Å². The van der Waals surface area contributed by atoms with Crippen LogP contribution in [0.25, 0.3) is 10.9 Å². The highest BCUT2D eigenvalue weighted by atomic mass is 32.2. The number of alkyl halides is 3. The smallest absolute Gasteiger partial charge is 0.422 e. The van der Waals surface area contributed by atoms with E-state index >= 15 is 0 Å². The molecular weight excluding hydrogens is 397 g/mol. The van der Waals surface area contributed by atoms with E-state index < -0.39 is 22.6 Å². The first-order valence-corrected chi connectivity index (χ1v) is 9.84. The van der Waals surface area contributed by atoms with Crippen molar-refractivity contribution >= 4 is 26.6 Å². The first-order chi connectivity index (χ1) is 13.1. The lowest BCUT2D eigenvalue weighted by Crippen LogP contribution is -2.19. The van der Waals surface area contributed by atoms with Gasteiger partial charge in [-0.25, -0.2) is 23.4 Å². The first kappa shape index (κ1) is 19.8. The summed E-state index contributed by atoms with van der Waals surface area (Å²) in [5, 5.41) is 3.54. The summed E-state index contributed by atoms with van der Waals surface area (Å²) in [7, 11) is -3.40. The van der Waals surface area contributed by atoms with E-state index in [9.17, 15) is 21.6 Å². The zero-order chi connectivity index (χ0) is 20.4. The van der Waals surface area contributed by atoms with Crippen molar-refractivity contribution in [3.63, 3.8) is 0 Å². The lowest BCUT2D eigenvalue weighted by atomic mass is 10.2. The van der Waals surface area contributed by atoms with Gasteiger partial charge in [0.15, 0.2) is 16.4 Å². The van der Waals surface area contributed by atoms with E-state index in [1.165, 1.54) is 30.7 Å². The number of halogens is 3. The highest BCUT2D eigenvalue weighted by molar-refractivity contribution is 7.90. The minimum absolute atomic E-state index is 0.129. The quantitative estimate of drug-likeness (QED) is 0.665. The monoisotopic (exact) mass is 412 g/mol. The average Bonchev–Trinajstić information content (AvgIpc) is 2.63. The van der Waals surface area contributed by atoms with Gasteiger partial charge < -0.3 is 10.1 Å². The first-order valence-electron chi connectivity index (χ1n) is 7.95. The Morgan fingerprint density at radius 1 is 1.11 bits per heavy atom. The third-order valence-electron chi connectivity index (χ3n) is 3.68. The summed E-state index contributed by atoms with van der Waals surface area (Å²) in [5.41, 5.74) is 1.16. The molecule has 2 heterocycles. The molecular formula is C17H15F3N4O3S. The van der Waals surface area contributed by atoms with Crippen LogP contribution in [0.4, 0.5) is 19.0 Å². The number of ether oxygens (including phenoxy) is 1. The van der Waals surface area contributed by atoms with Crippen molar-refractivity contribution in [3.05, 3.63) is 48.4 Å². The lowest BCUT2D eigenvalue weighted by molar-refractivity contribution is -0.154. The average molecular weight is 412 g/mol. The van der Waals surface area contributed by atoms with Gasteiger partial charge in [-0.1, -0.05) is 0 Å². The molecule has 0 radical (unpaired) electrons. The molecule has 3 aromatic rings. The second kappa shape index (κ2) is 7.58. The fraction of sp³-hybridized carbons (Fsp3) is 0.235. The molecule has 0 atom stereocenters. The fourth-order valence-corrected chi connectivity index (χ4v) is 3.04. The van der Waals surface area contributed by atoms with E-state index in [2.05, 4.69) is 25.0 Å². The second-order valence-corrected chi connectivity index (χ2v) is 7.95. The Hall–Kier alpha value is -2.95. The van der Waals surface area contributed by atoms with Crippen molar-refractivity contribution in [1.29, 1.82) is 0 Å². The molecule has 0 aliphatic heterocycles. The molecule has 3 rings (SSSR count). The van der Waals surface area contributed by atoms with Crippen LogP contribution in [-0.2, 0) is 16.4 Å². The Morgan fingerprint density at radius 3 is 2.61 bits per heavy atom. The maximum absolute atomic E-state index is 12.3. The molecule has 0 aliphatic carbocycles. The summed E-state index contributed by atoms with van der Waals surface area (Å²) in [6, 6.07) is 7.50. The Balaban J connectivity index is 1.80. The predicted octanol–water partition coefficient (Wildman–Crippen LogP) is 2.98. The number of nitrogens with zero attached hydrogens (tertiary/aromatic N) is 3.